The Bertz CT molecular complexity index is 404. The van der Waals surface area contributed by atoms with Gasteiger partial charge in [0.05, 0.1) is 0 Å². The van der Waals surface area contributed by atoms with Gasteiger partial charge in [-0.2, -0.15) is 0 Å². The van der Waals surface area contributed by atoms with Gasteiger partial charge in [-0.25, -0.2) is 0 Å². The van der Waals surface area contributed by atoms with E-state index in [1.54, 1.807) is 0 Å². The highest BCUT2D eigenvalue weighted by Crippen LogP contribution is 2.25. The highest BCUT2D eigenvalue weighted by Gasteiger charge is 2.11. The second kappa shape index (κ2) is 8.53. The normalized spacial score (nSPS) is 12.8. The lowest BCUT2D eigenvalue weighted by Crippen LogP contribution is -2.26. The molecule has 2 nitrogen and oxygen atoms in total. The first-order valence-corrected chi connectivity index (χ1v) is 8.02. The van der Waals surface area contributed by atoms with E-state index in [0.29, 0.717) is 11.8 Å². The summed E-state index contributed by atoms with van der Waals surface area (Å²) in [6, 6.07) is 6.20. The lowest BCUT2D eigenvalue weighted by atomic mass is 10.1. The number of hydrogen-bond acceptors (Lipinski definition) is 2. The molecule has 20 heavy (non-hydrogen) atoms. The topological polar surface area (TPSA) is 15.3 Å². The van der Waals surface area contributed by atoms with Crippen molar-refractivity contribution in [2.75, 3.05) is 25.0 Å². The van der Waals surface area contributed by atoms with Gasteiger partial charge in [-0.15, -0.1) is 0 Å². The molecule has 3 heteroatoms. The summed E-state index contributed by atoms with van der Waals surface area (Å²) in [5.41, 5.74) is 2.56. The number of hydrogen-bond donors (Lipinski definition) is 1. The molecule has 0 aromatic heterocycles. The van der Waals surface area contributed by atoms with Gasteiger partial charge in [-0.1, -0.05) is 51.8 Å². The van der Waals surface area contributed by atoms with Crippen LogP contribution in [0.4, 0.5) is 5.69 Å². The molecule has 1 atom stereocenters. The van der Waals surface area contributed by atoms with E-state index < -0.39 is 0 Å². The SMILES string of the molecule is CCC(C)CN(C)c1cc(Cl)ccc1CNCC(C)C. The first kappa shape index (κ1) is 17.3. The molecule has 0 saturated carbocycles. The van der Waals surface area contributed by atoms with Gasteiger partial charge in [0.1, 0.15) is 0 Å². The molecule has 0 aliphatic heterocycles. The maximum absolute atomic E-state index is 6.17. The van der Waals surface area contributed by atoms with E-state index in [-0.39, 0.29) is 0 Å². The Morgan fingerprint density at radius 1 is 1.25 bits per heavy atom. The smallest absolute Gasteiger partial charge is 0.0426 e. The van der Waals surface area contributed by atoms with Crippen LogP contribution in [0.3, 0.4) is 0 Å². The summed E-state index contributed by atoms with van der Waals surface area (Å²) < 4.78 is 0. The first-order chi connectivity index (χ1) is 9.43. The fourth-order valence-corrected chi connectivity index (χ4v) is 2.40. The maximum atomic E-state index is 6.17. The maximum Gasteiger partial charge on any atom is 0.0426 e. The molecular formula is C17H29ClN2. The van der Waals surface area contributed by atoms with E-state index in [9.17, 15) is 0 Å². The molecule has 114 valence electrons. The number of benzene rings is 1. The van der Waals surface area contributed by atoms with Crippen molar-refractivity contribution in [3.05, 3.63) is 28.8 Å². The Kier molecular flexibility index (Phi) is 7.39. The number of anilines is 1. The molecular weight excluding hydrogens is 268 g/mol. The highest BCUT2D eigenvalue weighted by atomic mass is 35.5. The fourth-order valence-electron chi connectivity index (χ4n) is 2.23. The van der Waals surface area contributed by atoms with Gasteiger partial charge in [0, 0.05) is 30.8 Å². The number of halogens is 1. The first-order valence-electron chi connectivity index (χ1n) is 7.64. The minimum atomic E-state index is 0.670. The van der Waals surface area contributed by atoms with Crippen molar-refractivity contribution in [2.24, 2.45) is 11.8 Å². The van der Waals surface area contributed by atoms with E-state index in [2.05, 4.69) is 57.1 Å². The minimum absolute atomic E-state index is 0.670. The molecule has 0 aliphatic rings. The van der Waals surface area contributed by atoms with Crippen molar-refractivity contribution in [3.63, 3.8) is 0 Å². The van der Waals surface area contributed by atoms with Crippen molar-refractivity contribution in [2.45, 2.75) is 40.7 Å². The van der Waals surface area contributed by atoms with Crippen LogP contribution in [-0.2, 0) is 6.54 Å². The van der Waals surface area contributed by atoms with Crippen molar-refractivity contribution in [1.82, 2.24) is 5.32 Å². The van der Waals surface area contributed by atoms with Crippen LogP contribution in [0.5, 0.6) is 0 Å². The molecule has 0 heterocycles. The summed E-state index contributed by atoms with van der Waals surface area (Å²) in [6.07, 6.45) is 1.20. The van der Waals surface area contributed by atoms with Gasteiger partial charge >= 0.3 is 0 Å². The number of rotatable bonds is 8. The lowest BCUT2D eigenvalue weighted by Gasteiger charge is -2.26. The predicted octanol–water partition coefficient (Wildman–Crippen LogP) is 4.57. The Hall–Kier alpha value is -0.730. The lowest BCUT2D eigenvalue weighted by molar-refractivity contribution is 0.546. The van der Waals surface area contributed by atoms with E-state index in [4.69, 9.17) is 11.6 Å². The van der Waals surface area contributed by atoms with Crippen LogP contribution in [-0.4, -0.2) is 20.1 Å². The van der Waals surface area contributed by atoms with E-state index >= 15 is 0 Å². The van der Waals surface area contributed by atoms with Gasteiger partial charge < -0.3 is 10.2 Å². The average molecular weight is 297 g/mol. The van der Waals surface area contributed by atoms with Gasteiger partial charge in [-0.05, 0) is 36.1 Å². The third kappa shape index (κ3) is 5.72. The zero-order chi connectivity index (χ0) is 15.1. The largest absolute Gasteiger partial charge is 0.374 e. The van der Waals surface area contributed by atoms with E-state index in [0.717, 1.165) is 24.7 Å². The monoisotopic (exact) mass is 296 g/mol. The predicted molar refractivity (Wildman–Crippen MR) is 90.7 cm³/mol. The van der Waals surface area contributed by atoms with Gasteiger partial charge in [0.15, 0.2) is 0 Å². The Morgan fingerprint density at radius 3 is 2.55 bits per heavy atom. The van der Waals surface area contributed by atoms with Gasteiger partial charge in [-0.3, -0.25) is 0 Å². The van der Waals surface area contributed by atoms with E-state index in [1.807, 2.05) is 6.07 Å². The van der Waals surface area contributed by atoms with Crippen molar-refractivity contribution in [3.8, 4) is 0 Å². The van der Waals surface area contributed by atoms with Crippen LogP contribution in [0.15, 0.2) is 18.2 Å². The summed E-state index contributed by atoms with van der Waals surface area (Å²) in [7, 11) is 2.16. The molecule has 1 N–H and O–H groups in total. The van der Waals surface area contributed by atoms with Crippen LogP contribution >= 0.6 is 11.6 Å². The standard InChI is InChI=1S/C17H29ClN2/c1-6-14(4)12-20(5)17-9-16(18)8-7-15(17)11-19-10-13(2)3/h7-9,13-14,19H,6,10-12H2,1-5H3. The third-order valence-electron chi connectivity index (χ3n) is 3.61. The number of nitrogens with one attached hydrogen (secondary N) is 1. The molecule has 1 unspecified atom stereocenters. The van der Waals surface area contributed by atoms with Crippen LogP contribution < -0.4 is 10.2 Å². The van der Waals surface area contributed by atoms with E-state index in [1.165, 1.54) is 17.7 Å². The summed E-state index contributed by atoms with van der Waals surface area (Å²) in [5, 5.41) is 4.32. The van der Waals surface area contributed by atoms with Gasteiger partial charge in [0.25, 0.3) is 0 Å². The summed E-state index contributed by atoms with van der Waals surface area (Å²) in [4.78, 5) is 2.33. The molecule has 0 saturated heterocycles. The van der Waals surface area contributed by atoms with Crippen molar-refractivity contribution < 1.29 is 0 Å². The molecule has 0 bridgehead atoms. The van der Waals surface area contributed by atoms with Crippen LogP contribution in [0.25, 0.3) is 0 Å². The molecule has 0 fully saturated rings. The van der Waals surface area contributed by atoms with Crippen LogP contribution in [0.1, 0.15) is 39.7 Å². The third-order valence-corrected chi connectivity index (χ3v) is 3.84. The molecule has 0 radical (unpaired) electrons. The molecule has 1 rings (SSSR count). The summed E-state index contributed by atoms with van der Waals surface area (Å²) >= 11 is 6.17. The quantitative estimate of drug-likeness (QED) is 0.756. The average Bonchev–Trinajstić information content (AvgIpc) is 2.39. The van der Waals surface area contributed by atoms with Crippen LogP contribution in [0.2, 0.25) is 5.02 Å². The summed E-state index contributed by atoms with van der Waals surface area (Å²) in [5.74, 6) is 1.36. The van der Waals surface area contributed by atoms with Gasteiger partial charge in [0.2, 0.25) is 0 Å². The molecule has 0 aliphatic carbocycles. The fraction of sp³-hybridized carbons (Fsp3) is 0.647. The summed E-state index contributed by atoms with van der Waals surface area (Å²) in [6.45, 7) is 12.0. The Morgan fingerprint density at radius 2 is 1.95 bits per heavy atom. The Balaban J connectivity index is 2.78. The molecule has 1 aromatic carbocycles. The van der Waals surface area contributed by atoms with Crippen LogP contribution in [0, 0.1) is 11.8 Å². The second-order valence-electron chi connectivity index (χ2n) is 6.19. The highest BCUT2D eigenvalue weighted by molar-refractivity contribution is 6.30. The second-order valence-corrected chi connectivity index (χ2v) is 6.63. The zero-order valence-electron chi connectivity index (χ0n) is 13.5. The van der Waals surface area contributed by atoms with Crippen molar-refractivity contribution >= 4 is 17.3 Å². The minimum Gasteiger partial charge on any atom is -0.374 e. The molecule has 0 amide bonds. The van der Waals surface area contributed by atoms with Crippen molar-refractivity contribution in [1.29, 1.82) is 0 Å². The zero-order valence-corrected chi connectivity index (χ0v) is 14.3. The molecule has 0 spiro atoms. The number of nitrogens with zero attached hydrogens (tertiary/aromatic N) is 1. The molecule has 1 aromatic rings. The Labute approximate surface area is 129 Å².